The summed E-state index contributed by atoms with van der Waals surface area (Å²) >= 11 is 7.54. The molecule has 22 heavy (non-hydrogen) atoms. The number of aromatic nitrogens is 2. The van der Waals surface area contributed by atoms with Crippen LogP contribution in [0.1, 0.15) is 24.3 Å². The number of hydrogen-bond acceptors (Lipinski definition) is 5. The van der Waals surface area contributed by atoms with E-state index in [1.54, 1.807) is 12.1 Å². The van der Waals surface area contributed by atoms with E-state index in [0.29, 0.717) is 21.7 Å². The highest BCUT2D eigenvalue weighted by molar-refractivity contribution is 7.99. The van der Waals surface area contributed by atoms with E-state index in [1.165, 1.54) is 43.8 Å². The minimum atomic E-state index is -0.353. The number of benzene rings is 1. The minimum absolute atomic E-state index is 0.213. The Labute approximate surface area is 138 Å². The standard InChI is InChI=1S/C15H17ClFN3OS/c16-12-4-3-5-13(17)11(12)10-14-18-19-15(21-14)22-9-8-20-6-1-2-7-20/h3-5H,1-2,6-10H2. The third kappa shape index (κ3) is 4.00. The van der Waals surface area contributed by atoms with E-state index in [4.69, 9.17) is 16.0 Å². The molecule has 0 bridgehead atoms. The van der Waals surface area contributed by atoms with Crippen molar-refractivity contribution in [1.29, 1.82) is 0 Å². The van der Waals surface area contributed by atoms with Gasteiger partial charge in [0.05, 0.1) is 6.42 Å². The maximum absolute atomic E-state index is 13.7. The van der Waals surface area contributed by atoms with Crippen LogP contribution in [0.3, 0.4) is 0 Å². The monoisotopic (exact) mass is 341 g/mol. The van der Waals surface area contributed by atoms with Crippen molar-refractivity contribution in [2.45, 2.75) is 24.5 Å². The van der Waals surface area contributed by atoms with Crippen molar-refractivity contribution in [2.24, 2.45) is 0 Å². The fraction of sp³-hybridized carbons (Fsp3) is 0.467. The lowest BCUT2D eigenvalue weighted by atomic mass is 10.1. The summed E-state index contributed by atoms with van der Waals surface area (Å²) < 4.78 is 19.3. The normalized spacial score (nSPS) is 15.5. The average molecular weight is 342 g/mol. The minimum Gasteiger partial charge on any atom is -0.416 e. The molecule has 2 aromatic rings. The molecule has 7 heteroatoms. The van der Waals surface area contributed by atoms with E-state index < -0.39 is 0 Å². The molecule has 1 fully saturated rings. The SMILES string of the molecule is Fc1cccc(Cl)c1Cc1nnc(SCCN2CCCC2)o1. The van der Waals surface area contributed by atoms with Gasteiger partial charge in [0, 0.05) is 22.9 Å². The Hall–Kier alpha value is -1.11. The van der Waals surface area contributed by atoms with Crippen molar-refractivity contribution >= 4 is 23.4 Å². The second kappa shape index (κ2) is 7.44. The molecular weight excluding hydrogens is 325 g/mol. The van der Waals surface area contributed by atoms with E-state index >= 15 is 0 Å². The molecule has 1 saturated heterocycles. The van der Waals surface area contributed by atoms with E-state index in [-0.39, 0.29) is 12.2 Å². The van der Waals surface area contributed by atoms with Crippen LogP contribution in [-0.2, 0) is 6.42 Å². The Morgan fingerprint density at radius 3 is 2.86 bits per heavy atom. The first kappa shape index (κ1) is 15.8. The summed E-state index contributed by atoms with van der Waals surface area (Å²) in [4.78, 5) is 2.43. The van der Waals surface area contributed by atoms with Crippen LogP contribution >= 0.6 is 23.4 Å². The molecule has 0 amide bonds. The molecule has 0 atom stereocenters. The summed E-state index contributed by atoms with van der Waals surface area (Å²) in [6, 6.07) is 4.61. The molecule has 0 unspecified atom stereocenters. The molecule has 0 spiro atoms. The Morgan fingerprint density at radius 1 is 1.27 bits per heavy atom. The van der Waals surface area contributed by atoms with Crippen molar-refractivity contribution < 1.29 is 8.81 Å². The maximum atomic E-state index is 13.7. The van der Waals surface area contributed by atoms with Gasteiger partial charge in [-0.3, -0.25) is 0 Å². The Kier molecular flexibility index (Phi) is 5.33. The Balaban J connectivity index is 1.54. The highest BCUT2D eigenvalue weighted by Gasteiger charge is 2.14. The zero-order valence-corrected chi connectivity index (χ0v) is 13.7. The summed E-state index contributed by atoms with van der Waals surface area (Å²) in [5.41, 5.74) is 0.390. The lowest BCUT2D eigenvalue weighted by Crippen LogP contribution is -2.21. The lowest BCUT2D eigenvalue weighted by molar-refractivity contribution is 0.360. The number of likely N-dealkylation sites (tertiary alicyclic amines) is 1. The van der Waals surface area contributed by atoms with Gasteiger partial charge < -0.3 is 9.32 Å². The second-order valence-electron chi connectivity index (χ2n) is 5.24. The summed E-state index contributed by atoms with van der Waals surface area (Å²) in [6.45, 7) is 3.39. The van der Waals surface area contributed by atoms with Gasteiger partial charge in [0.25, 0.3) is 5.22 Å². The predicted octanol–water partition coefficient (Wildman–Crippen LogP) is 3.64. The number of thioether (sulfide) groups is 1. The van der Waals surface area contributed by atoms with Gasteiger partial charge in [-0.25, -0.2) is 4.39 Å². The zero-order chi connectivity index (χ0) is 15.4. The van der Waals surface area contributed by atoms with Gasteiger partial charge in [0.2, 0.25) is 5.89 Å². The third-order valence-corrected chi connectivity index (χ3v) is 4.82. The molecule has 2 heterocycles. The molecular formula is C15H17ClFN3OS. The largest absolute Gasteiger partial charge is 0.416 e. The van der Waals surface area contributed by atoms with E-state index in [1.807, 2.05) is 0 Å². The molecule has 4 nitrogen and oxygen atoms in total. The number of halogens is 2. The fourth-order valence-electron chi connectivity index (χ4n) is 2.49. The smallest absolute Gasteiger partial charge is 0.276 e. The molecule has 1 aliphatic rings. The molecule has 1 aliphatic heterocycles. The number of nitrogens with zero attached hydrogens (tertiary/aromatic N) is 3. The van der Waals surface area contributed by atoms with Crippen LogP contribution < -0.4 is 0 Å². The second-order valence-corrected chi connectivity index (χ2v) is 6.69. The van der Waals surface area contributed by atoms with Crippen molar-refractivity contribution in [1.82, 2.24) is 15.1 Å². The third-order valence-electron chi connectivity index (χ3n) is 3.67. The first-order valence-corrected chi connectivity index (χ1v) is 8.69. The lowest BCUT2D eigenvalue weighted by Gasteiger charge is -2.12. The molecule has 118 valence electrons. The van der Waals surface area contributed by atoms with E-state index in [2.05, 4.69) is 15.1 Å². The van der Waals surface area contributed by atoms with Crippen LogP contribution in [0.15, 0.2) is 27.8 Å². The first-order valence-electron chi connectivity index (χ1n) is 7.33. The summed E-state index contributed by atoms with van der Waals surface area (Å²) in [5.74, 6) is 0.951. The molecule has 0 aliphatic carbocycles. The van der Waals surface area contributed by atoms with Gasteiger partial charge in [0.1, 0.15) is 5.82 Å². The molecule has 0 saturated carbocycles. The van der Waals surface area contributed by atoms with Crippen LogP contribution in [0.4, 0.5) is 4.39 Å². The topological polar surface area (TPSA) is 42.2 Å². The average Bonchev–Trinajstić information content (AvgIpc) is 3.15. The van der Waals surface area contributed by atoms with Crippen LogP contribution in [0.5, 0.6) is 0 Å². The number of rotatable bonds is 6. The van der Waals surface area contributed by atoms with Gasteiger partial charge in [-0.05, 0) is 38.1 Å². The highest BCUT2D eigenvalue weighted by atomic mass is 35.5. The van der Waals surface area contributed by atoms with Crippen molar-refractivity contribution in [3.8, 4) is 0 Å². The van der Waals surface area contributed by atoms with Crippen LogP contribution in [0.25, 0.3) is 0 Å². The maximum Gasteiger partial charge on any atom is 0.276 e. The van der Waals surface area contributed by atoms with Crippen molar-refractivity contribution in [3.05, 3.63) is 40.5 Å². The molecule has 0 radical (unpaired) electrons. The molecule has 3 rings (SSSR count). The molecule has 1 aromatic carbocycles. The van der Waals surface area contributed by atoms with Crippen LogP contribution in [-0.4, -0.2) is 40.5 Å². The van der Waals surface area contributed by atoms with E-state index in [9.17, 15) is 4.39 Å². The fourth-order valence-corrected chi connectivity index (χ4v) is 3.50. The van der Waals surface area contributed by atoms with Gasteiger partial charge >= 0.3 is 0 Å². The quantitative estimate of drug-likeness (QED) is 0.750. The first-order chi connectivity index (χ1) is 10.7. The molecule has 0 N–H and O–H groups in total. The van der Waals surface area contributed by atoms with Gasteiger partial charge in [-0.15, -0.1) is 10.2 Å². The highest BCUT2D eigenvalue weighted by Crippen LogP contribution is 2.23. The van der Waals surface area contributed by atoms with Crippen molar-refractivity contribution in [2.75, 3.05) is 25.4 Å². The summed E-state index contributed by atoms with van der Waals surface area (Å²) in [7, 11) is 0. The molecule has 1 aromatic heterocycles. The van der Waals surface area contributed by atoms with Gasteiger partial charge in [-0.1, -0.05) is 29.4 Å². The summed E-state index contributed by atoms with van der Waals surface area (Å²) in [6.07, 6.45) is 2.79. The van der Waals surface area contributed by atoms with Gasteiger partial charge in [0.15, 0.2) is 0 Å². The summed E-state index contributed by atoms with van der Waals surface area (Å²) in [5, 5.41) is 8.87. The van der Waals surface area contributed by atoms with Crippen LogP contribution in [0.2, 0.25) is 5.02 Å². The van der Waals surface area contributed by atoms with Gasteiger partial charge in [-0.2, -0.15) is 0 Å². The predicted molar refractivity (Wildman–Crippen MR) is 84.9 cm³/mol. The van der Waals surface area contributed by atoms with Crippen molar-refractivity contribution in [3.63, 3.8) is 0 Å². The Morgan fingerprint density at radius 2 is 2.09 bits per heavy atom. The van der Waals surface area contributed by atoms with E-state index in [0.717, 1.165) is 12.3 Å². The Bertz CT molecular complexity index is 611. The zero-order valence-electron chi connectivity index (χ0n) is 12.1. The van der Waals surface area contributed by atoms with Crippen LogP contribution in [0, 0.1) is 5.82 Å². The number of hydrogen-bond donors (Lipinski definition) is 0.